The van der Waals surface area contributed by atoms with Crippen LogP contribution >= 0.6 is 0 Å². The second-order valence-electron chi connectivity index (χ2n) is 5.55. The summed E-state index contributed by atoms with van der Waals surface area (Å²) in [5.74, 6) is -1.48. The average Bonchev–Trinajstić information content (AvgIpc) is 2.44. The van der Waals surface area contributed by atoms with Gasteiger partial charge in [0.05, 0.1) is 5.92 Å². The van der Waals surface area contributed by atoms with Gasteiger partial charge >= 0.3 is 5.97 Å². The molecule has 0 aliphatic carbocycles. The molecule has 3 heteroatoms. The van der Waals surface area contributed by atoms with Crippen molar-refractivity contribution in [3.8, 4) is 0 Å². The molecule has 2 rings (SSSR count). The Labute approximate surface area is 124 Å². The van der Waals surface area contributed by atoms with E-state index in [1.807, 2.05) is 24.3 Å². The van der Waals surface area contributed by atoms with E-state index in [4.69, 9.17) is 0 Å². The highest BCUT2D eigenvalue weighted by Crippen LogP contribution is 2.24. The van der Waals surface area contributed by atoms with Crippen molar-refractivity contribution in [2.24, 2.45) is 0 Å². The standard InChI is InChI=1S/C18H19FO2/c1-12(2)14-6-8-15(9-7-14)17(18(20)21)11-13-4-3-5-16(19)10-13/h3-10,12,17H,11H2,1-2H3,(H,20,21). The monoisotopic (exact) mass is 286 g/mol. The first-order valence-corrected chi connectivity index (χ1v) is 7.04. The van der Waals surface area contributed by atoms with Crippen LogP contribution in [0.2, 0.25) is 0 Å². The molecule has 0 fully saturated rings. The van der Waals surface area contributed by atoms with Crippen LogP contribution in [0.1, 0.15) is 42.4 Å². The zero-order valence-corrected chi connectivity index (χ0v) is 12.2. The summed E-state index contributed by atoms with van der Waals surface area (Å²) in [6.07, 6.45) is 0.286. The van der Waals surface area contributed by atoms with Crippen LogP contribution in [0.3, 0.4) is 0 Å². The lowest BCUT2D eigenvalue weighted by Gasteiger charge is -2.14. The van der Waals surface area contributed by atoms with Gasteiger partial charge in [-0.2, -0.15) is 0 Å². The van der Waals surface area contributed by atoms with Crippen LogP contribution < -0.4 is 0 Å². The largest absolute Gasteiger partial charge is 0.481 e. The molecule has 0 radical (unpaired) electrons. The van der Waals surface area contributed by atoms with Gasteiger partial charge in [0.2, 0.25) is 0 Å². The van der Waals surface area contributed by atoms with E-state index >= 15 is 0 Å². The van der Waals surface area contributed by atoms with Gasteiger partial charge in [0.1, 0.15) is 5.82 Å². The summed E-state index contributed by atoms with van der Waals surface area (Å²) in [6, 6.07) is 13.7. The van der Waals surface area contributed by atoms with Gasteiger partial charge in [-0.15, -0.1) is 0 Å². The molecule has 0 aliphatic rings. The van der Waals surface area contributed by atoms with Gasteiger partial charge in [0, 0.05) is 0 Å². The van der Waals surface area contributed by atoms with Gasteiger partial charge in [-0.25, -0.2) is 4.39 Å². The Morgan fingerprint density at radius 3 is 2.24 bits per heavy atom. The fourth-order valence-corrected chi connectivity index (χ4v) is 2.36. The van der Waals surface area contributed by atoms with E-state index in [-0.39, 0.29) is 12.2 Å². The van der Waals surface area contributed by atoms with E-state index in [2.05, 4.69) is 13.8 Å². The van der Waals surface area contributed by atoms with E-state index < -0.39 is 11.9 Å². The lowest BCUT2D eigenvalue weighted by molar-refractivity contribution is -0.138. The Morgan fingerprint density at radius 2 is 1.71 bits per heavy atom. The number of hydrogen-bond donors (Lipinski definition) is 1. The maximum absolute atomic E-state index is 13.2. The topological polar surface area (TPSA) is 37.3 Å². The fourth-order valence-electron chi connectivity index (χ4n) is 2.36. The van der Waals surface area contributed by atoms with Crippen molar-refractivity contribution >= 4 is 5.97 Å². The van der Waals surface area contributed by atoms with Crippen molar-refractivity contribution in [1.29, 1.82) is 0 Å². The van der Waals surface area contributed by atoms with Gasteiger partial charge in [-0.3, -0.25) is 4.79 Å². The molecule has 1 atom stereocenters. The van der Waals surface area contributed by atoms with Crippen molar-refractivity contribution < 1.29 is 14.3 Å². The lowest BCUT2D eigenvalue weighted by atomic mass is 9.90. The molecule has 0 heterocycles. The summed E-state index contributed by atoms with van der Waals surface area (Å²) in [6.45, 7) is 4.19. The molecule has 0 bridgehead atoms. The minimum absolute atomic E-state index is 0.286. The van der Waals surface area contributed by atoms with E-state index in [0.717, 1.165) is 5.56 Å². The van der Waals surface area contributed by atoms with Gasteiger partial charge in [0.25, 0.3) is 0 Å². The molecular formula is C18H19FO2. The highest BCUT2D eigenvalue weighted by Gasteiger charge is 2.20. The summed E-state index contributed by atoms with van der Waals surface area (Å²) in [7, 11) is 0. The highest BCUT2D eigenvalue weighted by atomic mass is 19.1. The first-order chi connectivity index (χ1) is 9.97. The second-order valence-corrected chi connectivity index (χ2v) is 5.55. The number of aliphatic carboxylic acids is 1. The van der Waals surface area contributed by atoms with Gasteiger partial charge < -0.3 is 5.11 Å². The van der Waals surface area contributed by atoms with Crippen molar-refractivity contribution in [2.75, 3.05) is 0 Å². The molecule has 0 spiro atoms. The Bertz CT molecular complexity index is 617. The van der Waals surface area contributed by atoms with Crippen LogP contribution in [0.5, 0.6) is 0 Å². The van der Waals surface area contributed by atoms with E-state index in [1.54, 1.807) is 12.1 Å². The third-order valence-corrected chi connectivity index (χ3v) is 3.63. The van der Waals surface area contributed by atoms with Crippen LogP contribution in [-0.2, 0) is 11.2 Å². The number of halogens is 1. The second kappa shape index (κ2) is 6.53. The van der Waals surface area contributed by atoms with E-state index in [1.165, 1.54) is 17.7 Å². The summed E-state index contributed by atoms with van der Waals surface area (Å²) in [4.78, 5) is 11.5. The van der Waals surface area contributed by atoms with E-state index in [0.29, 0.717) is 11.5 Å². The van der Waals surface area contributed by atoms with Crippen LogP contribution in [0.25, 0.3) is 0 Å². The van der Waals surface area contributed by atoms with Gasteiger partial charge in [-0.05, 0) is 41.2 Å². The van der Waals surface area contributed by atoms with Crippen molar-refractivity contribution in [3.05, 3.63) is 71.0 Å². The maximum atomic E-state index is 13.2. The summed E-state index contributed by atoms with van der Waals surface area (Å²) < 4.78 is 13.2. The molecular weight excluding hydrogens is 267 g/mol. The molecule has 2 aromatic carbocycles. The minimum atomic E-state index is -0.892. The zero-order chi connectivity index (χ0) is 15.4. The third kappa shape index (κ3) is 3.91. The van der Waals surface area contributed by atoms with Crippen molar-refractivity contribution in [2.45, 2.75) is 32.1 Å². The van der Waals surface area contributed by atoms with Crippen LogP contribution in [-0.4, -0.2) is 11.1 Å². The van der Waals surface area contributed by atoms with Gasteiger partial charge in [-0.1, -0.05) is 50.2 Å². The number of carboxylic acid groups (broad SMARTS) is 1. The quantitative estimate of drug-likeness (QED) is 0.886. The predicted molar refractivity (Wildman–Crippen MR) is 81.0 cm³/mol. The first-order valence-electron chi connectivity index (χ1n) is 7.04. The molecule has 0 saturated heterocycles. The molecule has 1 unspecified atom stereocenters. The Hall–Kier alpha value is -2.16. The number of rotatable bonds is 5. The highest BCUT2D eigenvalue weighted by molar-refractivity contribution is 5.76. The maximum Gasteiger partial charge on any atom is 0.311 e. The van der Waals surface area contributed by atoms with Crippen LogP contribution in [0, 0.1) is 5.82 Å². The predicted octanol–water partition coefficient (Wildman–Crippen LogP) is 4.36. The van der Waals surface area contributed by atoms with Crippen LogP contribution in [0.4, 0.5) is 4.39 Å². The first kappa shape index (κ1) is 15.2. The van der Waals surface area contributed by atoms with Crippen molar-refractivity contribution in [3.63, 3.8) is 0 Å². The molecule has 0 aliphatic heterocycles. The zero-order valence-electron chi connectivity index (χ0n) is 12.2. The third-order valence-electron chi connectivity index (χ3n) is 3.63. The Kier molecular flexibility index (Phi) is 4.73. The van der Waals surface area contributed by atoms with Crippen molar-refractivity contribution in [1.82, 2.24) is 0 Å². The molecule has 0 aromatic heterocycles. The minimum Gasteiger partial charge on any atom is -0.481 e. The van der Waals surface area contributed by atoms with Crippen LogP contribution in [0.15, 0.2) is 48.5 Å². The molecule has 2 aromatic rings. The smallest absolute Gasteiger partial charge is 0.311 e. The number of carboxylic acids is 1. The molecule has 110 valence electrons. The summed E-state index contributed by atoms with van der Waals surface area (Å²) >= 11 is 0. The summed E-state index contributed by atoms with van der Waals surface area (Å²) in [5.41, 5.74) is 2.61. The number of hydrogen-bond acceptors (Lipinski definition) is 1. The molecule has 0 amide bonds. The summed E-state index contributed by atoms with van der Waals surface area (Å²) in [5, 5.41) is 9.44. The van der Waals surface area contributed by atoms with Gasteiger partial charge in [0.15, 0.2) is 0 Å². The lowest BCUT2D eigenvalue weighted by Crippen LogP contribution is -2.14. The number of benzene rings is 2. The fraction of sp³-hybridized carbons (Fsp3) is 0.278. The normalized spacial score (nSPS) is 12.4. The van der Waals surface area contributed by atoms with E-state index in [9.17, 15) is 14.3 Å². The molecule has 2 nitrogen and oxygen atoms in total. The molecule has 1 N–H and O–H groups in total. The molecule has 0 saturated carbocycles. The number of carbonyl (C=O) groups is 1. The Morgan fingerprint density at radius 1 is 1.10 bits per heavy atom. The average molecular weight is 286 g/mol. The molecule has 21 heavy (non-hydrogen) atoms. The Balaban J connectivity index is 2.24. The SMILES string of the molecule is CC(C)c1ccc(C(Cc2cccc(F)c2)C(=O)O)cc1.